The summed E-state index contributed by atoms with van der Waals surface area (Å²) in [7, 11) is 0. The highest BCUT2D eigenvalue weighted by atomic mass is 19.1. The van der Waals surface area contributed by atoms with E-state index in [1.54, 1.807) is 11.0 Å². The van der Waals surface area contributed by atoms with E-state index < -0.39 is 11.7 Å². The number of aromatic amines is 1. The summed E-state index contributed by atoms with van der Waals surface area (Å²) in [6.07, 6.45) is 4.80. The molecule has 0 spiro atoms. The molecule has 0 atom stereocenters. The number of rotatable bonds is 4. The lowest BCUT2D eigenvalue weighted by Gasteiger charge is -2.26. The third-order valence-corrected chi connectivity index (χ3v) is 5.02. The molecule has 0 fully saturated rings. The highest BCUT2D eigenvalue weighted by Gasteiger charge is 2.20. The van der Waals surface area contributed by atoms with Crippen molar-refractivity contribution in [1.29, 1.82) is 0 Å². The minimum Gasteiger partial charge on any atom is -0.361 e. The summed E-state index contributed by atoms with van der Waals surface area (Å²) in [5.41, 5.74) is 3.40. The first-order valence-corrected chi connectivity index (χ1v) is 9.19. The molecule has 28 heavy (non-hydrogen) atoms. The van der Waals surface area contributed by atoms with Gasteiger partial charge in [0.25, 0.3) is 5.91 Å². The summed E-state index contributed by atoms with van der Waals surface area (Å²) in [6.45, 7) is 0.923. The molecular weight excluding hydrogens is 357 g/mol. The van der Waals surface area contributed by atoms with Gasteiger partial charge < -0.3 is 15.2 Å². The van der Waals surface area contributed by atoms with Crippen LogP contribution in [0.5, 0.6) is 0 Å². The second kappa shape index (κ2) is 7.68. The second-order valence-electron chi connectivity index (χ2n) is 6.73. The van der Waals surface area contributed by atoms with Gasteiger partial charge in [-0.1, -0.05) is 36.4 Å². The SMILES string of the molecule is O=C(NCC(=O)N1CC=C(c2c[nH]c3ccccc23)CC1)c1ccccc1F. The third kappa shape index (κ3) is 3.53. The number of benzene rings is 2. The van der Waals surface area contributed by atoms with Crippen molar-refractivity contribution in [3.05, 3.63) is 77.7 Å². The highest BCUT2D eigenvalue weighted by molar-refractivity contribution is 5.97. The van der Waals surface area contributed by atoms with Gasteiger partial charge in [-0.15, -0.1) is 0 Å². The molecule has 2 N–H and O–H groups in total. The first-order valence-electron chi connectivity index (χ1n) is 9.19. The predicted molar refractivity (Wildman–Crippen MR) is 106 cm³/mol. The van der Waals surface area contributed by atoms with Crippen molar-refractivity contribution in [2.75, 3.05) is 19.6 Å². The first kappa shape index (κ1) is 18.0. The molecule has 0 unspecified atom stereocenters. The lowest BCUT2D eigenvalue weighted by Crippen LogP contribution is -2.42. The molecule has 1 aromatic heterocycles. The van der Waals surface area contributed by atoms with Gasteiger partial charge in [0, 0.05) is 35.8 Å². The van der Waals surface area contributed by atoms with Crippen molar-refractivity contribution < 1.29 is 14.0 Å². The van der Waals surface area contributed by atoms with Crippen LogP contribution in [-0.2, 0) is 4.79 Å². The maximum absolute atomic E-state index is 13.6. The average molecular weight is 377 g/mol. The van der Waals surface area contributed by atoms with Gasteiger partial charge in [-0.05, 0) is 30.2 Å². The maximum atomic E-state index is 13.6. The van der Waals surface area contributed by atoms with Crippen LogP contribution in [-0.4, -0.2) is 41.3 Å². The summed E-state index contributed by atoms with van der Waals surface area (Å²) in [6, 6.07) is 13.8. The summed E-state index contributed by atoms with van der Waals surface area (Å²) in [5.74, 6) is -1.37. The Balaban J connectivity index is 1.37. The Hall–Kier alpha value is -3.41. The van der Waals surface area contributed by atoms with E-state index >= 15 is 0 Å². The minimum absolute atomic E-state index is 0.0598. The van der Waals surface area contributed by atoms with Crippen LogP contribution >= 0.6 is 0 Å². The van der Waals surface area contributed by atoms with Gasteiger partial charge in [-0.2, -0.15) is 0 Å². The van der Waals surface area contributed by atoms with Crippen molar-refractivity contribution in [3.63, 3.8) is 0 Å². The van der Waals surface area contributed by atoms with Gasteiger partial charge in [-0.3, -0.25) is 9.59 Å². The molecule has 2 amide bonds. The third-order valence-electron chi connectivity index (χ3n) is 5.02. The summed E-state index contributed by atoms with van der Waals surface area (Å²) in [4.78, 5) is 29.4. The zero-order valence-corrected chi connectivity index (χ0v) is 15.2. The molecule has 0 saturated heterocycles. The molecule has 0 radical (unpaired) electrons. The Morgan fingerprint density at radius 1 is 1.11 bits per heavy atom. The van der Waals surface area contributed by atoms with E-state index in [2.05, 4.69) is 22.4 Å². The van der Waals surface area contributed by atoms with Crippen LogP contribution in [0.1, 0.15) is 22.3 Å². The standard InChI is InChI=1S/C22H20FN3O2/c23-19-7-3-1-6-17(19)22(28)25-14-21(27)26-11-9-15(10-12-26)18-13-24-20-8-4-2-5-16(18)20/h1-9,13,24H,10-12,14H2,(H,25,28). The number of nitrogens with one attached hydrogen (secondary N) is 2. The molecule has 1 aliphatic heterocycles. The fourth-order valence-corrected chi connectivity index (χ4v) is 3.49. The molecule has 0 bridgehead atoms. The molecule has 142 valence electrons. The molecule has 6 heteroatoms. The Morgan fingerprint density at radius 2 is 1.89 bits per heavy atom. The number of fused-ring (bicyclic) bond motifs is 1. The fraction of sp³-hybridized carbons (Fsp3) is 0.182. The van der Waals surface area contributed by atoms with Gasteiger partial charge in [0.05, 0.1) is 12.1 Å². The monoisotopic (exact) mass is 377 g/mol. The van der Waals surface area contributed by atoms with Crippen LogP contribution in [0.25, 0.3) is 16.5 Å². The topological polar surface area (TPSA) is 65.2 Å². The van der Waals surface area contributed by atoms with Crippen LogP contribution in [0, 0.1) is 5.82 Å². The minimum atomic E-state index is -0.600. The molecule has 2 heterocycles. The number of hydrogen-bond donors (Lipinski definition) is 2. The smallest absolute Gasteiger partial charge is 0.254 e. The van der Waals surface area contributed by atoms with Gasteiger partial charge in [0.15, 0.2) is 0 Å². The Kier molecular flexibility index (Phi) is 4.93. The van der Waals surface area contributed by atoms with Gasteiger partial charge in [0.1, 0.15) is 5.82 Å². The van der Waals surface area contributed by atoms with E-state index in [0.29, 0.717) is 13.1 Å². The predicted octanol–water partition coefficient (Wildman–Crippen LogP) is 3.35. The largest absolute Gasteiger partial charge is 0.361 e. The van der Waals surface area contributed by atoms with E-state index in [4.69, 9.17) is 0 Å². The van der Waals surface area contributed by atoms with E-state index in [-0.39, 0.29) is 18.0 Å². The number of halogens is 1. The van der Waals surface area contributed by atoms with Crippen LogP contribution in [0.3, 0.4) is 0 Å². The fourth-order valence-electron chi connectivity index (χ4n) is 3.49. The Morgan fingerprint density at radius 3 is 2.68 bits per heavy atom. The van der Waals surface area contributed by atoms with Crippen LogP contribution in [0.15, 0.2) is 60.8 Å². The number of carbonyl (C=O) groups is 2. The highest BCUT2D eigenvalue weighted by Crippen LogP contribution is 2.29. The zero-order chi connectivity index (χ0) is 19.5. The molecule has 3 aromatic rings. The number of hydrogen-bond acceptors (Lipinski definition) is 2. The second-order valence-corrected chi connectivity index (χ2v) is 6.73. The van der Waals surface area contributed by atoms with Crippen molar-refractivity contribution in [2.45, 2.75) is 6.42 Å². The van der Waals surface area contributed by atoms with E-state index in [0.717, 1.165) is 17.5 Å². The van der Waals surface area contributed by atoms with Crippen molar-refractivity contribution in [1.82, 2.24) is 15.2 Å². The molecule has 4 rings (SSSR count). The molecular formula is C22H20FN3O2. The number of amides is 2. The normalized spacial score (nSPS) is 14.0. The van der Waals surface area contributed by atoms with Crippen molar-refractivity contribution in [3.8, 4) is 0 Å². The number of aromatic nitrogens is 1. The van der Waals surface area contributed by atoms with Crippen LogP contribution in [0.2, 0.25) is 0 Å². The van der Waals surface area contributed by atoms with E-state index in [1.807, 2.05) is 24.4 Å². The van der Waals surface area contributed by atoms with Crippen LogP contribution in [0.4, 0.5) is 4.39 Å². The molecule has 5 nitrogen and oxygen atoms in total. The summed E-state index contributed by atoms with van der Waals surface area (Å²) in [5, 5.41) is 3.68. The number of nitrogens with zero attached hydrogens (tertiary/aromatic N) is 1. The van der Waals surface area contributed by atoms with Gasteiger partial charge >= 0.3 is 0 Å². The maximum Gasteiger partial charge on any atom is 0.254 e. The lowest BCUT2D eigenvalue weighted by molar-refractivity contribution is -0.129. The lowest BCUT2D eigenvalue weighted by atomic mass is 9.99. The molecule has 1 aliphatic rings. The van der Waals surface area contributed by atoms with Gasteiger partial charge in [0.2, 0.25) is 5.91 Å². The Labute approximate surface area is 161 Å². The molecule has 0 aliphatic carbocycles. The van der Waals surface area contributed by atoms with Crippen molar-refractivity contribution in [2.24, 2.45) is 0 Å². The summed E-state index contributed by atoms with van der Waals surface area (Å²) >= 11 is 0. The van der Waals surface area contributed by atoms with Gasteiger partial charge in [-0.25, -0.2) is 4.39 Å². The Bertz CT molecular complexity index is 1070. The number of carbonyl (C=O) groups excluding carboxylic acids is 2. The molecule has 0 saturated carbocycles. The van der Waals surface area contributed by atoms with E-state index in [9.17, 15) is 14.0 Å². The van der Waals surface area contributed by atoms with Crippen LogP contribution < -0.4 is 5.32 Å². The van der Waals surface area contributed by atoms with E-state index in [1.165, 1.54) is 29.2 Å². The first-order chi connectivity index (χ1) is 13.6. The number of H-pyrrole nitrogens is 1. The molecule has 2 aromatic carbocycles. The van der Waals surface area contributed by atoms with Crippen molar-refractivity contribution >= 4 is 28.3 Å². The number of para-hydroxylation sites is 1. The average Bonchev–Trinajstić information content (AvgIpc) is 3.16. The quantitative estimate of drug-likeness (QED) is 0.732. The summed E-state index contributed by atoms with van der Waals surface area (Å²) < 4.78 is 13.6. The zero-order valence-electron chi connectivity index (χ0n) is 15.2.